The second-order valence-electron chi connectivity index (χ2n) is 6.14. The normalized spacial score (nSPS) is 10.7. The zero-order chi connectivity index (χ0) is 18.0. The SMILES string of the molecule is CC(=O)c1ccccc1NC(=O)Cc1c(C)nc2ccccc2c1C. The first-order valence-corrected chi connectivity index (χ1v) is 8.22. The second kappa shape index (κ2) is 6.85. The molecule has 3 aromatic rings. The lowest BCUT2D eigenvalue weighted by Gasteiger charge is -2.13. The molecule has 0 aliphatic heterocycles. The number of nitrogens with zero attached hydrogens (tertiary/aromatic N) is 1. The Balaban J connectivity index is 1.89. The zero-order valence-electron chi connectivity index (χ0n) is 14.6. The van der Waals surface area contributed by atoms with Gasteiger partial charge in [0.05, 0.1) is 17.6 Å². The largest absolute Gasteiger partial charge is 0.325 e. The van der Waals surface area contributed by atoms with Crippen LogP contribution in [-0.2, 0) is 11.2 Å². The molecule has 126 valence electrons. The summed E-state index contributed by atoms with van der Waals surface area (Å²) in [7, 11) is 0. The van der Waals surface area contributed by atoms with E-state index in [1.165, 1.54) is 6.92 Å². The highest BCUT2D eigenvalue weighted by Crippen LogP contribution is 2.23. The number of pyridine rings is 1. The monoisotopic (exact) mass is 332 g/mol. The molecule has 0 saturated carbocycles. The number of benzene rings is 2. The summed E-state index contributed by atoms with van der Waals surface area (Å²) in [5, 5.41) is 3.91. The van der Waals surface area contributed by atoms with E-state index in [9.17, 15) is 9.59 Å². The maximum absolute atomic E-state index is 12.5. The van der Waals surface area contributed by atoms with Crippen molar-refractivity contribution in [1.29, 1.82) is 0 Å². The van der Waals surface area contributed by atoms with E-state index in [1.54, 1.807) is 24.3 Å². The standard InChI is InChI=1S/C21H20N2O2/c1-13-16-8-4-6-10-19(16)22-14(2)18(13)12-21(25)23-20-11-7-5-9-17(20)15(3)24/h4-11H,12H2,1-3H3,(H,23,25). The summed E-state index contributed by atoms with van der Waals surface area (Å²) >= 11 is 0. The van der Waals surface area contributed by atoms with Gasteiger partial charge in [-0.2, -0.15) is 0 Å². The minimum absolute atomic E-state index is 0.0735. The van der Waals surface area contributed by atoms with E-state index in [2.05, 4.69) is 10.3 Å². The van der Waals surface area contributed by atoms with Crippen molar-refractivity contribution in [2.45, 2.75) is 27.2 Å². The van der Waals surface area contributed by atoms with Crippen molar-refractivity contribution in [3.8, 4) is 0 Å². The Bertz CT molecular complexity index is 977. The van der Waals surface area contributed by atoms with E-state index in [-0.39, 0.29) is 18.1 Å². The van der Waals surface area contributed by atoms with E-state index < -0.39 is 0 Å². The van der Waals surface area contributed by atoms with Crippen LogP contribution in [0.4, 0.5) is 5.69 Å². The quantitative estimate of drug-likeness (QED) is 0.727. The number of fused-ring (bicyclic) bond motifs is 1. The fourth-order valence-corrected chi connectivity index (χ4v) is 3.08. The van der Waals surface area contributed by atoms with Crippen molar-refractivity contribution in [3.05, 3.63) is 70.9 Å². The number of carbonyl (C=O) groups is 2. The third-order valence-electron chi connectivity index (χ3n) is 4.40. The summed E-state index contributed by atoms with van der Waals surface area (Å²) in [5.74, 6) is -0.229. The van der Waals surface area contributed by atoms with Gasteiger partial charge in [-0.25, -0.2) is 0 Å². The summed E-state index contributed by atoms with van der Waals surface area (Å²) in [5.41, 5.74) is 4.84. The van der Waals surface area contributed by atoms with Crippen LogP contribution in [0.15, 0.2) is 48.5 Å². The molecule has 1 aromatic heterocycles. The van der Waals surface area contributed by atoms with Gasteiger partial charge in [0.1, 0.15) is 0 Å². The summed E-state index contributed by atoms with van der Waals surface area (Å²) in [4.78, 5) is 28.9. The number of aromatic nitrogens is 1. The molecule has 2 aromatic carbocycles. The Morgan fingerprint density at radius 2 is 1.68 bits per heavy atom. The van der Waals surface area contributed by atoms with Crippen LogP contribution in [0.1, 0.15) is 34.1 Å². The Morgan fingerprint density at radius 3 is 2.44 bits per heavy atom. The van der Waals surface area contributed by atoms with Crippen molar-refractivity contribution in [2.75, 3.05) is 5.32 Å². The Hall–Kier alpha value is -3.01. The number of amides is 1. The molecular weight excluding hydrogens is 312 g/mol. The fourth-order valence-electron chi connectivity index (χ4n) is 3.08. The predicted octanol–water partition coefficient (Wildman–Crippen LogP) is 4.24. The highest BCUT2D eigenvalue weighted by molar-refractivity contribution is 6.04. The lowest BCUT2D eigenvalue weighted by atomic mass is 9.99. The van der Waals surface area contributed by atoms with E-state index >= 15 is 0 Å². The first kappa shape index (κ1) is 16.8. The van der Waals surface area contributed by atoms with Crippen LogP contribution in [0.3, 0.4) is 0 Å². The predicted molar refractivity (Wildman–Crippen MR) is 100.0 cm³/mol. The van der Waals surface area contributed by atoms with E-state index in [4.69, 9.17) is 0 Å². The van der Waals surface area contributed by atoms with Gasteiger partial charge in [0.15, 0.2) is 5.78 Å². The van der Waals surface area contributed by atoms with Gasteiger partial charge in [0, 0.05) is 16.6 Å². The number of hydrogen-bond acceptors (Lipinski definition) is 3. The molecule has 1 N–H and O–H groups in total. The second-order valence-corrected chi connectivity index (χ2v) is 6.14. The molecule has 0 unspecified atom stereocenters. The van der Waals surface area contributed by atoms with Gasteiger partial charge in [0.25, 0.3) is 0 Å². The van der Waals surface area contributed by atoms with Gasteiger partial charge in [0.2, 0.25) is 5.91 Å². The van der Waals surface area contributed by atoms with E-state index in [1.807, 2.05) is 38.1 Å². The molecule has 0 aliphatic rings. The van der Waals surface area contributed by atoms with Crippen LogP contribution in [0.5, 0.6) is 0 Å². The Morgan fingerprint density at radius 1 is 1.00 bits per heavy atom. The van der Waals surface area contributed by atoms with Gasteiger partial charge in [-0.1, -0.05) is 30.3 Å². The number of aryl methyl sites for hydroxylation is 2. The maximum atomic E-state index is 12.5. The molecule has 3 rings (SSSR count). The fraction of sp³-hybridized carbons (Fsp3) is 0.190. The first-order valence-electron chi connectivity index (χ1n) is 8.22. The van der Waals surface area contributed by atoms with Crippen molar-refractivity contribution >= 4 is 28.3 Å². The first-order chi connectivity index (χ1) is 12.0. The van der Waals surface area contributed by atoms with Gasteiger partial charge in [-0.15, -0.1) is 0 Å². The molecule has 1 amide bonds. The van der Waals surface area contributed by atoms with Gasteiger partial charge >= 0.3 is 0 Å². The van der Waals surface area contributed by atoms with Crippen LogP contribution in [-0.4, -0.2) is 16.7 Å². The topological polar surface area (TPSA) is 59.1 Å². The minimum Gasteiger partial charge on any atom is -0.325 e. The van der Waals surface area contributed by atoms with Crippen LogP contribution in [0.2, 0.25) is 0 Å². The zero-order valence-corrected chi connectivity index (χ0v) is 14.6. The van der Waals surface area contributed by atoms with Gasteiger partial charge in [-0.05, 0) is 50.1 Å². The smallest absolute Gasteiger partial charge is 0.228 e. The average molecular weight is 332 g/mol. The highest BCUT2D eigenvalue weighted by atomic mass is 16.1. The number of Topliss-reactive ketones (excluding diaryl/α,β-unsaturated/α-hetero) is 1. The molecule has 0 spiro atoms. The molecule has 0 atom stereocenters. The molecule has 25 heavy (non-hydrogen) atoms. The van der Waals surface area contributed by atoms with Crippen molar-refractivity contribution in [2.24, 2.45) is 0 Å². The number of ketones is 1. The van der Waals surface area contributed by atoms with Crippen LogP contribution in [0.25, 0.3) is 10.9 Å². The number of para-hydroxylation sites is 2. The summed E-state index contributed by atoms with van der Waals surface area (Å²) < 4.78 is 0. The number of anilines is 1. The maximum Gasteiger partial charge on any atom is 0.228 e. The molecule has 0 radical (unpaired) electrons. The number of rotatable bonds is 4. The number of carbonyl (C=O) groups excluding carboxylic acids is 2. The molecular formula is C21H20N2O2. The molecule has 4 nitrogen and oxygen atoms in total. The van der Waals surface area contributed by atoms with E-state index in [0.717, 1.165) is 27.7 Å². The van der Waals surface area contributed by atoms with Crippen LogP contribution < -0.4 is 5.32 Å². The summed E-state index contributed by atoms with van der Waals surface area (Å²) in [6.07, 6.45) is 0.224. The number of nitrogens with one attached hydrogen (secondary N) is 1. The Labute approximate surface area is 146 Å². The molecule has 0 bridgehead atoms. The average Bonchev–Trinajstić information content (AvgIpc) is 2.59. The summed E-state index contributed by atoms with van der Waals surface area (Å²) in [6, 6.07) is 15.0. The molecule has 4 heteroatoms. The van der Waals surface area contributed by atoms with Crippen molar-refractivity contribution < 1.29 is 9.59 Å². The third-order valence-corrected chi connectivity index (χ3v) is 4.40. The molecule has 1 heterocycles. The highest BCUT2D eigenvalue weighted by Gasteiger charge is 2.15. The lowest BCUT2D eigenvalue weighted by Crippen LogP contribution is -2.18. The molecule has 0 saturated heterocycles. The van der Waals surface area contributed by atoms with Crippen LogP contribution in [0, 0.1) is 13.8 Å². The van der Waals surface area contributed by atoms with Gasteiger partial charge < -0.3 is 5.32 Å². The van der Waals surface area contributed by atoms with Crippen molar-refractivity contribution in [3.63, 3.8) is 0 Å². The number of hydrogen-bond donors (Lipinski definition) is 1. The molecule has 0 fully saturated rings. The lowest BCUT2D eigenvalue weighted by molar-refractivity contribution is -0.115. The Kier molecular flexibility index (Phi) is 4.61. The van der Waals surface area contributed by atoms with Gasteiger partial charge in [-0.3, -0.25) is 14.6 Å². The summed E-state index contributed by atoms with van der Waals surface area (Å²) in [6.45, 7) is 5.43. The van der Waals surface area contributed by atoms with E-state index in [0.29, 0.717) is 11.3 Å². The minimum atomic E-state index is -0.156. The molecule has 0 aliphatic carbocycles. The third kappa shape index (κ3) is 3.43. The van der Waals surface area contributed by atoms with Crippen LogP contribution >= 0.6 is 0 Å². The van der Waals surface area contributed by atoms with Crippen molar-refractivity contribution in [1.82, 2.24) is 4.98 Å².